The number of unbranched alkanes of at least 4 members (excludes halogenated alkanes) is 5. The predicted molar refractivity (Wildman–Crippen MR) is 129 cm³/mol. The van der Waals surface area contributed by atoms with Crippen molar-refractivity contribution in [3.8, 4) is 0 Å². The minimum absolute atomic E-state index is 0.233. The van der Waals surface area contributed by atoms with Crippen LogP contribution in [0.2, 0.25) is 0 Å². The Balaban J connectivity index is 1.86. The highest BCUT2D eigenvalue weighted by atomic mass is 16.5. The Bertz CT molecular complexity index is 801. The van der Waals surface area contributed by atoms with Gasteiger partial charge in [0, 0.05) is 0 Å². The zero-order valence-corrected chi connectivity index (χ0v) is 20.2. The number of ether oxygens (including phenoxy) is 1. The van der Waals surface area contributed by atoms with Gasteiger partial charge in [-0.3, -0.25) is 4.98 Å². The number of allylic oxidation sites excluding steroid dienone is 5. The average Bonchev–Trinajstić information content (AvgIpc) is 2.72. The first-order valence-electron chi connectivity index (χ1n) is 11.9. The van der Waals surface area contributed by atoms with Crippen LogP contribution in [0.4, 0.5) is 0 Å². The fourth-order valence-electron chi connectivity index (χ4n) is 4.15. The molecule has 2 rings (SSSR count). The molecule has 1 heterocycles. The summed E-state index contributed by atoms with van der Waals surface area (Å²) in [5.74, 6) is -0.393. The first kappa shape index (κ1) is 25.0. The van der Waals surface area contributed by atoms with Gasteiger partial charge in [0.15, 0.2) is 5.69 Å². The van der Waals surface area contributed by atoms with E-state index in [0.717, 1.165) is 24.1 Å². The molecule has 0 unspecified atom stereocenters. The van der Waals surface area contributed by atoms with Gasteiger partial charge < -0.3 is 4.74 Å². The number of nitrogens with zero attached hydrogens (tertiary/aromatic N) is 2. The summed E-state index contributed by atoms with van der Waals surface area (Å²) in [5, 5.41) is 0. The van der Waals surface area contributed by atoms with Crippen LogP contribution in [0.3, 0.4) is 0 Å². The zero-order valence-electron chi connectivity index (χ0n) is 20.2. The standard InChI is InChI=1S/C27H40N2O2/c1-6-7-8-9-10-11-17-31-26(30)25-20-28-23(19-29-25)18-21(2)14-15-24-22(3)13-12-16-27(24,4)5/h14-15,18-20H,6-13,16-17H2,1-5H3/b15-14+,21-18+. The number of hydrogen-bond acceptors (Lipinski definition) is 4. The maximum absolute atomic E-state index is 12.1. The molecule has 0 atom stereocenters. The summed E-state index contributed by atoms with van der Waals surface area (Å²) in [7, 11) is 0. The molecule has 0 spiro atoms. The van der Waals surface area contributed by atoms with Crippen LogP contribution >= 0.6 is 0 Å². The van der Waals surface area contributed by atoms with Crippen molar-refractivity contribution in [2.45, 2.75) is 92.4 Å². The van der Waals surface area contributed by atoms with Gasteiger partial charge in [0.2, 0.25) is 0 Å². The average molecular weight is 425 g/mol. The van der Waals surface area contributed by atoms with E-state index in [1.807, 2.05) is 6.08 Å². The molecule has 31 heavy (non-hydrogen) atoms. The number of rotatable bonds is 11. The maximum atomic E-state index is 12.1. The highest BCUT2D eigenvalue weighted by Gasteiger charge is 2.26. The smallest absolute Gasteiger partial charge is 0.358 e. The quantitative estimate of drug-likeness (QED) is 0.210. The van der Waals surface area contributed by atoms with E-state index in [1.165, 1.54) is 62.3 Å². The lowest BCUT2D eigenvalue weighted by molar-refractivity contribution is 0.0490. The molecule has 0 N–H and O–H groups in total. The predicted octanol–water partition coefficient (Wildman–Crippen LogP) is 7.48. The van der Waals surface area contributed by atoms with E-state index in [9.17, 15) is 4.79 Å². The van der Waals surface area contributed by atoms with Gasteiger partial charge in [-0.2, -0.15) is 0 Å². The summed E-state index contributed by atoms with van der Waals surface area (Å²) in [6.45, 7) is 11.6. The third kappa shape index (κ3) is 8.43. The van der Waals surface area contributed by atoms with Crippen LogP contribution in [-0.4, -0.2) is 22.5 Å². The lowest BCUT2D eigenvalue weighted by Crippen LogP contribution is -2.19. The molecule has 0 saturated heterocycles. The molecule has 170 valence electrons. The second kappa shape index (κ2) is 12.6. The Labute approximate surface area is 188 Å². The summed E-state index contributed by atoms with van der Waals surface area (Å²) >= 11 is 0. The second-order valence-corrected chi connectivity index (χ2v) is 9.38. The SMILES string of the molecule is CCCCCCCCOC(=O)c1cnc(/C=C(C)/C=C/C2=C(C)CCCC2(C)C)cn1. The fourth-order valence-corrected chi connectivity index (χ4v) is 4.15. The molecule has 1 aliphatic rings. The number of hydrogen-bond donors (Lipinski definition) is 0. The maximum Gasteiger partial charge on any atom is 0.358 e. The molecule has 0 amide bonds. The van der Waals surface area contributed by atoms with Gasteiger partial charge in [0.1, 0.15) is 0 Å². The molecule has 0 fully saturated rings. The van der Waals surface area contributed by atoms with Crippen LogP contribution in [0.15, 0.2) is 41.3 Å². The summed E-state index contributed by atoms with van der Waals surface area (Å²) in [6, 6.07) is 0. The Morgan fingerprint density at radius 2 is 1.87 bits per heavy atom. The van der Waals surface area contributed by atoms with Gasteiger partial charge in [-0.05, 0) is 62.2 Å². The minimum atomic E-state index is -0.393. The van der Waals surface area contributed by atoms with E-state index in [-0.39, 0.29) is 11.1 Å². The molecule has 0 aliphatic heterocycles. The molecule has 1 aromatic rings. The Kier molecular flexibility index (Phi) is 10.2. The second-order valence-electron chi connectivity index (χ2n) is 9.38. The molecule has 4 heteroatoms. The molecule has 0 saturated carbocycles. The lowest BCUT2D eigenvalue weighted by Gasteiger charge is -2.32. The van der Waals surface area contributed by atoms with E-state index in [0.29, 0.717) is 6.61 Å². The number of aromatic nitrogens is 2. The number of esters is 1. The monoisotopic (exact) mass is 424 g/mol. The first-order chi connectivity index (χ1) is 14.8. The van der Waals surface area contributed by atoms with Crippen molar-refractivity contribution in [2.24, 2.45) is 5.41 Å². The summed E-state index contributed by atoms with van der Waals surface area (Å²) < 4.78 is 5.32. The summed E-state index contributed by atoms with van der Waals surface area (Å²) in [6.07, 6.45) is 20.2. The van der Waals surface area contributed by atoms with E-state index >= 15 is 0 Å². The zero-order chi connectivity index (χ0) is 22.7. The fraction of sp³-hybridized carbons (Fsp3) is 0.593. The normalized spacial score (nSPS) is 16.7. The molecule has 0 aromatic carbocycles. The van der Waals surface area contributed by atoms with E-state index in [4.69, 9.17) is 4.74 Å². The summed E-state index contributed by atoms with van der Waals surface area (Å²) in [4.78, 5) is 20.7. The Hall–Kier alpha value is -2.23. The number of carbonyl (C=O) groups is 1. The van der Waals surface area contributed by atoms with Gasteiger partial charge >= 0.3 is 5.97 Å². The van der Waals surface area contributed by atoms with Gasteiger partial charge in [-0.25, -0.2) is 9.78 Å². The van der Waals surface area contributed by atoms with Gasteiger partial charge in [0.05, 0.1) is 24.7 Å². The Morgan fingerprint density at radius 1 is 1.13 bits per heavy atom. The van der Waals surface area contributed by atoms with Gasteiger partial charge in [-0.1, -0.05) is 70.6 Å². The molecule has 0 radical (unpaired) electrons. The van der Waals surface area contributed by atoms with Crippen molar-refractivity contribution in [3.63, 3.8) is 0 Å². The van der Waals surface area contributed by atoms with Crippen molar-refractivity contribution in [3.05, 3.63) is 52.7 Å². The molecule has 4 nitrogen and oxygen atoms in total. The van der Waals surface area contributed by atoms with E-state index in [2.05, 4.69) is 56.7 Å². The lowest BCUT2D eigenvalue weighted by atomic mass is 9.72. The van der Waals surface area contributed by atoms with Crippen LogP contribution in [0.25, 0.3) is 6.08 Å². The highest BCUT2D eigenvalue weighted by molar-refractivity contribution is 5.86. The van der Waals surface area contributed by atoms with Crippen molar-refractivity contribution in [2.75, 3.05) is 6.61 Å². The van der Waals surface area contributed by atoms with Crippen molar-refractivity contribution < 1.29 is 9.53 Å². The van der Waals surface area contributed by atoms with Gasteiger partial charge in [-0.15, -0.1) is 0 Å². The van der Waals surface area contributed by atoms with Gasteiger partial charge in [0.25, 0.3) is 0 Å². The minimum Gasteiger partial charge on any atom is -0.461 e. The topological polar surface area (TPSA) is 52.1 Å². The summed E-state index contributed by atoms with van der Waals surface area (Å²) in [5.41, 5.74) is 5.28. The van der Waals surface area contributed by atoms with Crippen LogP contribution in [0.1, 0.15) is 109 Å². The third-order valence-electron chi connectivity index (χ3n) is 6.04. The molecule has 0 bridgehead atoms. The van der Waals surface area contributed by atoms with E-state index in [1.54, 1.807) is 6.20 Å². The van der Waals surface area contributed by atoms with Crippen molar-refractivity contribution in [1.29, 1.82) is 0 Å². The van der Waals surface area contributed by atoms with Crippen LogP contribution in [0, 0.1) is 5.41 Å². The number of carbonyl (C=O) groups excluding carboxylic acids is 1. The van der Waals surface area contributed by atoms with E-state index < -0.39 is 5.97 Å². The van der Waals surface area contributed by atoms with Crippen LogP contribution in [0.5, 0.6) is 0 Å². The van der Waals surface area contributed by atoms with Crippen LogP contribution < -0.4 is 0 Å². The third-order valence-corrected chi connectivity index (χ3v) is 6.04. The molecular formula is C27H40N2O2. The van der Waals surface area contributed by atoms with Crippen molar-refractivity contribution in [1.82, 2.24) is 9.97 Å². The molecular weight excluding hydrogens is 384 g/mol. The van der Waals surface area contributed by atoms with Crippen molar-refractivity contribution >= 4 is 12.0 Å². The molecule has 1 aliphatic carbocycles. The largest absolute Gasteiger partial charge is 0.461 e. The van der Waals surface area contributed by atoms with Crippen LogP contribution in [-0.2, 0) is 4.74 Å². The Morgan fingerprint density at radius 3 is 2.55 bits per heavy atom. The first-order valence-corrected chi connectivity index (χ1v) is 11.9. The highest BCUT2D eigenvalue weighted by Crippen LogP contribution is 2.40. The molecule has 1 aromatic heterocycles.